The molecule has 0 saturated carbocycles. The highest BCUT2D eigenvalue weighted by Crippen LogP contribution is 2.36. The van der Waals surface area contributed by atoms with Crippen LogP contribution in [0.4, 0.5) is 4.79 Å². The molecule has 31 heavy (non-hydrogen) atoms. The van der Waals surface area contributed by atoms with Gasteiger partial charge < -0.3 is 14.6 Å². The number of nitrogens with zero attached hydrogens (tertiary/aromatic N) is 3. The van der Waals surface area contributed by atoms with Crippen LogP contribution in [-0.4, -0.2) is 44.3 Å². The van der Waals surface area contributed by atoms with Gasteiger partial charge in [0, 0.05) is 12.4 Å². The largest absolute Gasteiger partial charge is 0.457 e. The Balaban J connectivity index is 0.000000391. The highest BCUT2D eigenvalue weighted by molar-refractivity contribution is 5.70. The maximum Gasteiger partial charge on any atom is 0.410 e. The van der Waals surface area contributed by atoms with Crippen molar-refractivity contribution in [3.63, 3.8) is 0 Å². The molecule has 1 aromatic heterocycles. The monoisotopic (exact) mass is 421 g/mol. The molecule has 0 radical (unpaired) electrons. The smallest absolute Gasteiger partial charge is 0.410 e. The molecule has 1 fully saturated rings. The second-order valence-electron chi connectivity index (χ2n) is 8.03. The molecule has 0 spiro atoms. The Labute approximate surface area is 182 Å². The number of hydrogen-bond acceptors (Lipinski definition) is 6. The van der Waals surface area contributed by atoms with Crippen LogP contribution in [0.2, 0.25) is 0 Å². The van der Waals surface area contributed by atoms with Crippen molar-refractivity contribution in [2.45, 2.75) is 38.5 Å². The van der Waals surface area contributed by atoms with Crippen molar-refractivity contribution >= 4 is 6.09 Å². The molecule has 0 aliphatic carbocycles. The summed E-state index contributed by atoms with van der Waals surface area (Å²) in [4.78, 5) is 21.1. The fourth-order valence-corrected chi connectivity index (χ4v) is 3.01. The van der Waals surface area contributed by atoms with Gasteiger partial charge in [-0.3, -0.25) is 4.90 Å². The van der Waals surface area contributed by atoms with E-state index in [4.69, 9.17) is 9.47 Å². The van der Waals surface area contributed by atoms with Gasteiger partial charge in [0.15, 0.2) is 0 Å². The molecule has 1 saturated heterocycles. The van der Waals surface area contributed by atoms with Crippen LogP contribution in [0.1, 0.15) is 32.4 Å². The molecule has 1 aliphatic heterocycles. The summed E-state index contributed by atoms with van der Waals surface area (Å²) in [7, 11) is 0. The number of amides is 1. The second-order valence-corrected chi connectivity index (χ2v) is 8.03. The van der Waals surface area contributed by atoms with Crippen LogP contribution in [0.5, 0.6) is 11.5 Å². The lowest BCUT2D eigenvalue weighted by molar-refractivity contribution is -0.0723. The van der Waals surface area contributed by atoms with Crippen LogP contribution >= 0.6 is 0 Å². The van der Waals surface area contributed by atoms with E-state index in [0.29, 0.717) is 5.75 Å². The number of aromatic nitrogens is 2. The third-order valence-corrected chi connectivity index (χ3v) is 4.39. The third-order valence-electron chi connectivity index (χ3n) is 4.39. The Bertz CT molecular complexity index is 917. The predicted octanol–water partition coefficient (Wildman–Crippen LogP) is 4.61. The fraction of sp³-hybridized carbons (Fsp3) is 0.292. The van der Waals surface area contributed by atoms with Crippen LogP contribution in [0, 0.1) is 0 Å². The van der Waals surface area contributed by atoms with Gasteiger partial charge in [-0.25, -0.2) is 14.8 Å². The number of likely N-dealkylation sites (tertiary alicyclic amines) is 1. The maximum atomic E-state index is 12.2. The first-order valence-corrected chi connectivity index (χ1v) is 10.0. The Morgan fingerprint density at radius 1 is 0.968 bits per heavy atom. The molecule has 7 heteroatoms. The van der Waals surface area contributed by atoms with E-state index in [-0.39, 0.29) is 12.6 Å². The number of aliphatic hydroxyl groups is 1. The minimum absolute atomic E-state index is 0.280. The highest BCUT2D eigenvalue weighted by Gasteiger charge is 2.43. The van der Waals surface area contributed by atoms with E-state index in [1.807, 2.05) is 75.4 Å². The van der Waals surface area contributed by atoms with Crippen molar-refractivity contribution < 1.29 is 19.4 Å². The van der Waals surface area contributed by atoms with Gasteiger partial charge in [-0.05, 0) is 56.7 Å². The summed E-state index contributed by atoms with van der Waals surface area (Å²) in [6.45, 7) is 5.76. The van der Waals surface area contributed by atoms with Gasteiger partial charge >= 0.3 is 6.09 Å². The van der Waals surface area contributed by atoms with Gasteiger partial charge in [0.25, 0.3) is 0 Å². The Hall–Kier alpha value is -3.45. The van der Waals surface area contributed by atoms with Crippen molar-refractivity contribution in [1.82, 2.24) is 14.9 Å². The predicted molar refractivity (Wildman–Crippen MR) is 117 cm³/mol. The molecular weight excluding hydrogens is 394 g/mol. The van der Waals surface area contributed by atoms with Gasteiger partial charge in [0.1, 0.15) is 23.4 Å². The van der Waals surface area contributed by atoms with Crippen LogP contribution < -0.4 is 4.74 Å². The summed E-state index contributed by atoms with van der Waals surface area (Å²) in [6.07, 6.45) is 3.88. The average molecular weight is 421 g/mol. The number of benzene rings is 2. The molecule has 2 atom stereocenters. The van der Waals surface area contributed by atoms with E-state index in [9.17, 15) is 9.90 Å². The lowest BCUT2D eigenvalue weighted by atomic mass is 9.92. The van der Waals surface area contributed by atoms with Gasteiger partial charge in [-0.15, -0.1) is 0 Å². The van der Waals surface area contributed by atoms with E-state index in [1.165, 1.54) is 6.33 Å². The van der Waals surface area contributed by atoms with Crippen LogP contribution in [0.3, 0.4) is 0 Å². The molecule has 7 nitrogen and oxygen atoms in total. The first kappa shape index (κ1) is 22.2. The second kappa shape index (κ2) is 10.0. The summed E-state index contributed by atoms with van der Waals surface area (Å²) in [5.41, 5.74) is 0.292. The molecule has 1 aliphatic rings. The standard InChI is InChI=1S/C20H23NO4.C4H4N2/c1-20(2,3)25-19(23)21-13-17(22)18(21)14-9-11-16(12-10-14)24-15-7-5-4-6-8-15;1-2-5-4-6-3-1/h4-12,17-18,22H,13H2,1-3H3;1-4H. The molecule has 4 rings (SSSR count). The zero-order chi connectivity index (χ0) is 22.3. The van der Waals surface area contributed by atoms with E-state index in [2.05, 4.69) is 9.97 Å². The normalized spacial score (nSPS) is 17.6. The average Bonchev–Trinajstić information content (AvgIpc) is 2.74. The first-order valence-electron chi connectivity index (χ1n) is 10.0. The molecular formula is C24H27N3O4. The maximum absolute atomic E-state index is 12.2. The summed E-state index contributed by atoms with van der Waals surface area (Å²) < 4.78 is 11.2. The number of aliphatic hydroxyl groups excluding tert-OH is 1. The zero-order valence-electron chi connectivity index (χ0n) is 17.9. The molecule has 2 unspecified atom stereocenters. The van der Waals surface area contributed by atoms with Crippen molar-refractivity contribution in [2.24, 2.45) is 0 Å². The van der Waals surface area contributed by atoms with Crippen LogP contribution in [0.25, 0.3) is 0 Å². The number of rotatable bonds is 3. The zero-order valence-corrected chi connectivity index (χ0v) is 17.9. The SMILES string of the molecule is CC(C)(C)OC(=O)N1CC(O)C1c1ccc(Oc2ccccc2)cc1.c1cncnc1. The summed E-state index contributed by atoms with van der Waals surface area (Å²) in [6, 6.07) is 18.3. The van der Waals surface area contributed by atoms with Crippen molar-refractivity contribution in [2.75, 3.05) is 6.54 Å². The molecule has 162 valence electrons. The molecule has 2 heterocycles. The number of carbonyl (C=O) groups is 1. The minimum atomic E-state index is -0.589. The summed E-state index contributed by atoms with van der Waals surface area (Å²) >= 11 is 0. The Morgan fingerprint density at radius 3 is 2.06 bits per heavy atom. The lowest BCUT2D eigenvalue weighted by Crippen LogP contribution is -2.57. The number of hydrogen-bond donors (Lipinski definition) is 1. The van der Waals surface area contributed by atoms with Gasteiger partial charge in [0.05, 0.1) is 18.7 Å². The van der Waals surface area contributed by atoms with Crippen molar-refractivity contribution in [1.29, 1.82) is 0 Å². The lowest BCUT2D eigenvalue weighted by Gasteiger charge is -2.45. The highest BCUT2D eigenvalue weighted by atomic mass is 16.6. The van der Waals surface area contributed by atoms with E-state index >= 15 is 0 Å². The topological polar surface area (TPSA) is 84.8 Å². The molecule has 1 amide bonds. The van der Waals surface area contributed by atoms with E-state index in [0.717, 1.165) is 11.3 Å². The van der Waals surface area contributed by atoms with Gasteiger partial charge in [-0.2, -0.15) is 0 Å². The number of carbonyl (C=O) groups excluding carboxylic acids is 1. The van der Waals surface area contributed by atoms with E-state index < -0.39 is 17.8 Å². The molecule has 2 aromatic carbocycles. The molecule has 3 aromatic rings. The molecule has 0 bridgehead atoms. The third kappa shape index (κ3) is 6.52. The number of β-amino-alcohol motifs (C(OH)–C–C–N with tert-alkyl or cyclic N) is 1. The first-order chi connectivity index (χ1) is 14.8. The minimum Gasteiger partial charge on any atom is -0.457 e. The summed E-state index contributed by atoms with van der Waals surface area (Å²) in [5.74, 6) is 1.46. The van der Waals surface area contributed by atoms with E-state index in [1.54, 1.807) is 23.4 Å². The van der Waals surface area contributed by atoms with Crippen molar-refractivity contribution in [3.05, 3.63) is 84.9 Å². The Morgan fingerprint density at radius 2 is 1.58 bits per heavy atom. The van der Waals surface area contributed by atoms with Gasteiger partial charge in [-0.1, -0.05) is 30.3 Å². The fourth-order valence-electron chi connectivity index (χ4n) is 3.01. The van der Waals surface area contributed by atoms with Crippen molar-refractivity contribution in [3.8, 4) is 11.5 Å². The molecule has 1 N–H and O–H groups in total. The number of para-hydroxylation sites is 1. The van der Waals surface area contributed by atoms with Crippen LogP contribution in [-0.2, 0) is 4.74 Å². The van der Waals surface area contributed by atoms with Crippen LogP contribution in [0.15, 0.2) is 79.4 Å². The number of ether oxygens (including phenoxy) is 2. The van der Waals surface area contributed by atoms with Gasteiger partial charge in [0.2, 0.25) is 0 Å². The summed E-state index contributed by atoms with van der Waals surface area (Å²) in [5, 5.41) is 10.1. The Kier molecular flexibility index (Phi) is 7.20. The quantitative estimate of drug-likeness (QED) is 0.665.